The lowest BCUT2D eigenvalue weighted by molar-refractivity contribution is 0.0845. The van der Waals surface area contributed by atoms with Crippen LogP contribution >= 0.6 is 0 Å². The summed E-state index contributed by atoms with van der Waals surface area (Å²) in [5.74, 6) is 0.189. The molecule has 128 valence electrons. The van der Waals surface area contributed by atoms with Crippen molar-refractivity contribution >= 4 is 11.8 Å². The summed E-state index contributed by atoms with van der Waals surface area (Å²) in [5.41, 5.74) is 0.726. The second kappa shape index (κ2) is 8.04. The van der Waals surface area contributed by atoms with E-state index in [9.17, 15) is 9.18 Å². The maximum atomic E-state index is 13.7. The van der Waals surface area contributed by atoms with Gasteiger partial charge < -0.3 is 19.7 Å². The monoisotopic (exact) mass is 324 g/mol. The average molecular weight is 324 g/mol. The molecule has 0 aliphatic carbocycles. The van der Waals surface area contributed by atoms with Crippen molar-refractivity contribution in [2.45, 2.75) is 32.7 Å². The summed E-state index contributed by atoms with van der Waals surface area (Å²) < 4.78 is 23.8. The van der Waals surface area contributed by atoms with Crippen LogP contribution in [-0.2, 0) is 4.74 Å². The number of carbonyl (C=O) groups excluding carboxylic acids is 1. The number of piperidine rings is 1. The Morgan fingerprint density at radius 3 is 2.65 bits per heavy atom. The lowest BCUT2D eigenvalue weighted by Gasteiger charge is -2.32. The Morgan fingerprint density at radius 1 is 1.39 bits per heavy atom. The van der Waals surface area contributed by atoms with Gasteiger partial charge in [-0.2, -0.15) is 0 Å². The number of hydrogen-bond donors (Lipinski definition) is 1. The van der Waals surface area contributed by atoms with Gasteiger partial charge >= 0.3 is 6.09 Å². The second-order valence-corrected chi connectivity index (χ2v) is 6.23. The van der Waals surface area contributed by atoms with E-state index in [0.29, 0.717) is 25.6 Å². The fourth-order valence-corrected chi connectivity index (χ4v) is 2.53. The quantitative estimate of drug-likeness (QED) is 0.900. The number of halogens is 1. The van der Waals surface area contributed by atoms with Gasteiger partial charge in [0.25, 0.3) is 0 Å². The number of benzene rings is 1. The number of hydrogen-bond acceptors (Lipinski definition) is 4. The highest BCUT2D eigenvalue weighted by Gasteiger charge is 2.24. The smallest absolute Gasteiger partial charge is 0.409 e. The zero-order chi connectivity index (χ0) is 16.8. The summed E-state index contributed by atoms with van der Waals surface area (Å²) in [6.07, 6.45) is 1.38. The molecule has 0 aromatic heterocycles. The summed E-state index contributed by atoms with van der Waals surface area (Å²) in [6.45, 7) is 5.76. The minimum absolute atomic E-state index is 0.219. The highest BCUT2D eigenvalue weighted by molar-refractivity contribution is 5.67. The molecule has 1 saturated heterocycles. The number of anilines is 1. The van der Waals surface area contributed by atoms with Crippen LogP contribution in [-0.4, -0.2) is 43.8 Å². The number of methoxy groups -OCH3 is 1. The van der Waals surface area contributed by atoms with Gasteiger partial charge in [0.05, 0.1) is 13.7 Å². The van der Waals surface area contributed by atoms with Crippen LogP contribution in [0, 0.1) is 11.7 Å². The Kier molecular flexibility index (Phi) is 6.07. The van der Waals surface area contributed by atoms with Gasteiger partial charge in [0.15, 0.2) is 11.6 Å². The highest BCUT2D eigenvalue weighted by atomic mass is 19.1. The number of rotatable bonds is 5. The van der Waals surface area contributed by atoms with Crippen LogP contribution in [0.15, 0.2) is 18.2 Å². The number of ether oxygens (including phenoxy) is 2. The normalized spacial score (nSPS) is 15.6. The van der Waals surface area contributed by atoms with Gasteiger partial charge in [0.1, 0.15) is 0 Å². The van der Waals surface area contributed by atoms with Crippen molar-refractivity contribution in [3.63, 3.8) is 0 Å². The first-order chi connectivity index (χ1) is 11.0. The molecule has 0 atom stereocenters. The maximum Gasteiger partial charge on any atom is 0.409 e. The zero-order valence-electron chi connectivity index (χ0n) is 14.0. The predicted molar refractivity (Wildman–Crippen MR) is 87.4 cm³/mol. The van der Waals surface area contributed by atoms with Crippen molar-refractivity contribution in [2.75, 3.05) is 32.1 Å². The minimum Gasteiger partial charge on any atom is -0.494 e. The summed E-state index contributed by atoms with van der Waals surface area (Å²) in [7, 11) is 1.44. The summed E-state index contributed by atoms with van der Waals surface area (Å²) in [6, 6.07) is 5.06. The van der Waals surface area contributed by atoms with E-state index in [1.54, 1.807) is 17.0 Å². The van der Waals surface area contributed by atoms with Crippen LogP contribution < -0.4 is 10.1 Å². The largest absolute Gasteiger partial charge is 0.494 e. The lowest BCUT2D eigenvalue weighted by atomic mass is 10.0. The molecule has 6 heteroatoms. The molecule has 5 nitrogen and oxygen atoms in total. The van der Waals surface area contributed by atoms with E-state index >= 15 is 0 Å². The zero-order valence-corrected chi connectivity index (χ0v) is 14.0. The third-order valence-electron chi connectivity index (χ3n) is 3.82. The van der Waals surface area contributed by atoms with Gasteiger partial charge in [-0.3, -0.25) is 0 Å². The molecule has 0 unspecified atom stereocenters. The number of nitrogens with one attached hydrogen (secondary N) is 1. The Labute approximate surface area is 136 Å². The molecular weight excluding hydrogens is 299 g/mol. The van der Waals surface area contributed by atoms with E-state index in [0.717, 1.165) is 18.5 Å². The van der Waals surface area contributed by atoms with E-state index in [-0.39, 0.29) is 23.7 Å². The van der Waals surface area contributed by atoms with Gasteiger partial charge in [-0.05, 0) is 30.9 Å². The van der Waals surface area contributed by atoms with E-state index in [1.165, 1.54) is 13.2 Å². The average Bonchev–Trinajstić information content (AvgIpc) is 2.53. The van der Waals surface area contributed by atoms with E-state index in [4.69, 9.17) is 9.47 Å². The van der Waals surface area contributed by atoms with Crippen LogP contribution in [0.1, 0.15) is 26.7 Å². The number of nitrogens with zero attached hydrogens (tertiary/aromatic N) is 1. The molecule has 2 rings (SSSR count). The van der Waals surface area contributed by atoms with Crippen molar-refractivity contribution in [3.05, 3.63) is 24.0 Å². The highest BCUT2D eigenvalue weighted by Crippen LogP contribution is 2.23. The standard InChI is InChI=1S/C17H25FN2O3/c1-12(2)11-23-17(21)20-8-6-13(7-9-20)19-14-4-5-16(22-3)15(18)10-14/h4-5,10,12-13,19H,6-9,11H2,1-3H3. The predicted octanol–water partition coefficient (Wildman–Crippen LogP) is 3.50. The Bertz CT molecular complexity index is 529. The molecule has 1 aliphatic rings. The molecule has 0 radical (unpaired) electrons. The SMILES string of the molecule is COc1ccc(NC2CCN(C(=O)OCC(C)C)CC2)cc1F. The van der Waals surface area contributed by atoms with Crippen molar-refractivity contribution in [2.24, 2.45) is 5.92 Å². The summed E-state index contributed by atoms with van der Waals surface area (Å²) in [5, 5.41) is 3.31. The first kappa shape index (κ1) is 17.4. The molecule has 0 saturated carbocycles. The topological polar surface area (TPSA) is 50.8 Å². The first-order valence-corrected chi connectivity index (χ1v) is 8.01. The molecular formula is C17H25FN2O3. The molecule has 1 N–H and O–H groups in total. The molecule has 1 amide bonds. The Hall–Kier alpha value is -1.98. The molecule has 0 bridgehead atoms. The van der Waals surface area contributed by atoms with Gasteiger partial charge in [-0.15, -0.1) is 0 Å². The van der Waals surface area contributed by atoms with Crippen molar-refractivity contribution in [3.8, 4) is 5.75 Å². The van der Waals surface area contributed by atoms with Gasteiger partial charge in [-0.1, -0.05) is 13.8 Å². The Balaban J connectivity index is 1.80. The first-order valence-electron chi connectivity index (χ1n) is 8.01. The minimum atomic E-state index is -0.382. The lowest BCUT2D eigenvalue weighted by Crippen LogP contribution is -2.42. The van der Waals surface area contributed by atoms with Crippen LogP contribution in [0.3, 0.4) is 0 Å². The van der Waals surface area contributed by atoms with Crippen LogP contribution in [0.4, 0.5) is 14.9 Å². The molecule has 23 heavy (non-hydrogen) atoms. The second-order valence-electron chi connectivity index (χ2n) is 6.23. The van der Waals surface area contributed by atoms with Gasteiger partial charge in [-0.25, -0.2) is 9.18 Å². The molecule has 0 spiro atoms. The summed E-state index contributed by atoms with van der Waals surface area (Å²) >= 11 is 0. The fraction of sp³-hybridized carbons (Fsp3) is 0.588. The third kappa shape index (κ3) is 5.01. The molecule has 1 fully saturated rings. The maximum absolute atomic E-state index is 13.7. The van der Waals surface area contributed by atoms with Crippen LogP contribution in [0.5, 0.6) is 5.75 Å². The van der Waals surface area contributed by atoms with E-state index < -0.39 is 0 Å². The van der Waals surface area contributed by atoms with Crippen LogP contribution in [0.2, 0.25) is 0 Å². The Morgan fingerprint density at radius 2 is 2.09 bits per heavy atom. The van der Waals surface area contributed by atoms with Gasteiger partial charge in [0.2, 0.25) is 0 Å². The van der Waals surface area contributed by atoms with Gasteiger partial charge in [0, 0.05) is 30.9 Å². The van der Waals surface area contributed by atoms with E-state index in [1.807, 2.05) is 13.8 Å². The summed E-state index contributed by atoms with van der Waals surface area (Å²) in [4.78, 5) is 13.6. The molecule has 1 heterocycles. The van der Waals surface area contributed by atoms with E-state index in [2.05, 4.69) is 5.32 Å². The molecule has 1 aromatic carbocycles. The molecule has 1 aromatic rings. The van der Waals surface area contributed by atoms with Crippen LogP contribution in [0.25, 0.3) is 0 Å². The van der Waals surface area contributed by atoms with Crippen molar-refractivity contribution in [1.29, 1.82) is 0 Å². The van der Waals surface area contributed by atoms with Crippen molar-refractivity contribution in [1.82, 2.24) is 4.90 Å². The number of carbonyl (C=O) groups is 1. The molecule has 1 aliphatic heterocycles. The third-order valence-corrected chi connectivity index (χ3v) is 3.82. The fourth-order valence-electron chi connectivity index (χ4n) is 2.53. The van der Waals surface area contributed by atoms with Crippen molar-refractivity contribution < 1.29 is 18.7 Å². The number of likely N-dealkylation sites (tertiary alicyclic amines) is 1. The number of amides is 1.